The van der Waals surface area contributed by atoms with E-state index in [-0.39, 0.29) is 0 Å². The predicted molar refractivity (Wildman–Crippen MR) is 52.0 cm³/mol. The Balaban J connectivity index is 2.06. The van der Waals surface area contributed by atoms with Crippen LogP contribution in [0.25, 0.3) is 0 Å². The van der Waals surface area contributed by atoms with Gasteiger partial charge in [-0.05, 0) is 6.42 Å². The number of nitrogens with zero attached hydrogens (tertiary/aromatic N) is 1. The van der Waals surface area contributed by atoms with Crippen LogP contribution in [0.2, 0.25) is 0 Å². The Hall–Kier alpha value is 0.110. The second-order valence-electron chi connectivity index (χ2n) is 1.92. The first-order valence-corrected chi connectivity index (χ1v) is 5.31. The summed E-state index contributed by atoms with van der Waals surface area (Å²) < 4.78 is 1.27. The quantitative estimate of drug-likeness (QED) is 0.480. The molecule has 0 aromatic rings. The van der Waals surface area contributed by atoms with Gasteiger partial charge in [-0.3, -0.25) is 4.99 Å². The molecule has 0 atom stereocenters. The fourth-order valence-corrected chi connectivity index (χ4v) is 2.65. The average molecular weight is 173 g/mol. The molecule has 0 N–H and O–H groups in total. The summed E-state index contributed by atoms with van der Waals surface area (Å²) in [4.78, 5) is 4.32. The van der Waals surface area contributed by atoms with Crippen LogP contribution < -0.4 is 0 Å². The van der Waals surface area contributed by atoms with Gasteiger partial charge in [-0.25, -0.2) is 0 Å². The topological polar surface area (TPSA) is 12.4 Å². The maximum atomic E-state index is 4.32. The molecule has 0 amide bonds. The summed E-state index contributed by atoms with van der Waals surface area (Å²) in [7, 11) is 0. The SMILES string of the molecule is C=CCCSC1=NCCS1. The number of hydrogen-bond donors (Lipinski definition) is 0. The smallest absolute Gasteiger partial charge is 0.124 e. The number of rotatable bonds is 3. The summed E-state index contributed by atoms with van der Waals surface area (Å²) in [5.41, 5.74) is 0. The van der Waals surface area contributed by atoms with Gasteiger partial charge in [0.05, 0.1) is 6.54 Å². The Morgan fingerprint density at radius 1 is 1.80 bits per heavy atom. The standard InChI is InChI=1S/C7H11NS2/c1-2-3-5-9-7-8-4-6-10-7/h2H,1,3-6H2. The molecule has 10 heavy (non-hydrogen) atoms. The van der Waals surface area contributed by atoms with Gasteiger partial charge in [-0.15, -0.1) is 6.58 Å². The highest BCUT2D eigenvalue weighted by Crippen LogP contribution is 2.22. The van der Waals surface area contributed by atoms with E-state index in [1.807, 2.05) is 29.6 Å². The van der Waals surface area contributed by atoms with Gasteiger partial charge in [0, 0.05) is 11.5 Å². The second kappa shape index (κ2) is 4.85. The lowest BCUT2D eigenvalue weighted by Gasteiger charge is -1.94. The van der Waals surface area contributed by atoms with Crippen LogP contribution in [-0.2, 0) is 0 Å². The zero-order valence-electron chi connectivity index (χ0n) is 5.88. The minimum atomic E-state index is 1.01. The molecule has 1 aliphatic heterocycles. The first-order chi connectivity index (χ1) is 4.93. The van der Waals surface area contributed by atoms with E-state index < -0.39 is 0 Å². The monoisotopic (exact) mass is 173 g/mol. The van der Waals surface area contributed by atoms with E-state index >= 15 is 0 Å². The Kier molecular flexibility index (Phi) is 3.98. The van der Waals surface area contributed by atoms with E-state index in [2.05, 4.69) is 11.6 Å². The summed E-state index contributed by atoms with van der Waals surface area (Å²) in [6.45, 7) is 4.68. The van der Waals surface area contributed by atoms with Gasteiger partial charge in [0.1, 0.15) is 4.38 Å². The Morgan fingerprint density at radius 2 is 2.70 bits per heavy atom. The van der Waals surface area contributed by atoms with Crippen molar-refractivity contribution in [1.29, 1.82) is 0 Å². The number of thioether (sulfide) groups is 2. The van der Waals surface area contributed by atoms with Crippen LogP contribution in [0.15, 0.2) is 17.6 Å². The lowest BCUT2D eigenvalue weighted by Crippen LogP contribution is -1.82. The molecule has 0 radical (unpaired) electrons. The maximum Gasteiger partial charge on any atom is 0.124 e. The molecule has 1 nitrogen and oxygen atoms in total. The molecule has 3 heteroatoms. The van der Waals surface area contributed by atoms with E-state index in [9.17, 15) is 0 Å². The molecule has 1 rings (SSSR count). The van der Waals surface area contributed by atoms with Gasteiger partial charge < -0.3 is 0 Å². The third kappa shape index (κ3) is 2.80. The molecule has 0 aliphatic carbocycles. The second-order valence-corrected chi connectivity index (χ2v) is 4.35. The van der Waals surface area contributed by atoms with Gasteiger partial charge in [-0.1, -0.05) is 29.6 Å². The fourth-order valence-electron chi connectivity index (χ4n) is 0.632. The fraction of sp³-hybridized carbons (Fsp3) is 0.571. The van der Waals surface area contributed by atoms with Gasteiger partial charge in [0.2, 0.25) is 0 Å². The van der Waals surface area contributed by atoms with E-state index in [1.165, 1.54) is 10.1 Å². The van der Waals surface area contributed by atoms with Crippen LogP contribution in [0.3, 0.4) is 0 Å². The van der Waals surface area contributed by atoms with Gasteiger partial charge in [-0.2, -0.15) is 0 Å². The molecule has 0 saturated heterocycles. The zero-order valence-corrected chi connectivity index (χ0v) is 7.51. The molecule has 0 saturated carbocycles. The van der Waals surface area contributed by atoms with Crippen LogP contribution in [0, 0.1) is 0 Å². The van der Waals surface area contributed by atoms with Crippen LogP contribution in [-0.4, -0.2) is 22.4 Å². The Bertz CT molecular complexity index is 143. The molecule has 0 bridgehead atoms. The zero-order chi connectivity index (χ0) is 7.23. The molecule has 0 fully saturated rings. The first-order valence-electron chi connectivity index (χ1n) is 3.34. The molecule has 0 aromatic heterocycles. The molecule has 56 valence electrons. The van der Waals surface area contributed by atoms with Crippen LogP contribution >= 0.6 is 23.5 Å². The molecule has 0 spiro atoms. The van der Waals surface area contributed by atoms with Crippen molar-refractivity contribution in [1.82, 2.24) is 0 Å². The highest BCUT2D eigenvalue weighted by molar-refractivity contribution is 8.39. The number of aliphatic imine (C=N–C) groups is 1. The average Bonchev–Trinajstić information content (AvgIpc) is 2.41. The Morgan fingerprint density at radius 3 is 3.30 bits per heavy atom. The maximum absolute atomic E-state index is 4.32. The largest absolute Gasteiger partial charge is 0.271 e. The van der Waals surface area contributed by atoms with Crippen molar-refractivity contribution < 1.29 is 0 Å². The van der Waals surface area contributed by atoms with Crippen LogP contribution in [0.1, 0.15) is 6.42 Å². The van der Waals surface area contributed by atoms with E-state index in [4.69, 9.17) is 0 Å². The van der Waals surface area contributed by atoms with Gasteiger partial charge in [0.15, 0.2) is 0 Å². The van der Waals surface area contributed by atoms with Crippen molar-refractivity contribution >= 4 is 27.9 Å². The third-order valence-corrected chi connectivity index (χ3v) is 3.39. The van der Waals surface area contributed by atoms with Crippen molar-refractivity contribution in [2.24, 2.45) is 4.99 Å². The molecular formula is C7H11NS2. The highest BCUT2D eigenvalue weighted by Gasteiger charge is 2.05. The van der Waals surface area contributed by atoms with Crippen LogP contribution in [0.4, 0.5) is 0 Å². The normalized spacial score (nSPS) is 17.0. The van der Waals surface area contributed by atoms with Crippen molar-refractivity contribution in [2.75, 3.05) is 18.1 Å². The van der Waals surface area contributed by atoms with Gasteiger partial charge in [0.25, 0.3) is 0 Å². The minimum absolute atomic E-state index is 1.01. The molecule has 0 aromatic carbocycles. The van der Waals surface area contributed by atoms with Crippen LogP contribution in [0.5, 0.6) is 0 Å². The molecule has 1 aliphatic rings. The number of allylic oxidation sites excluding steroid dienone is 1. The lowest BCUT2D eigenvalue weighted by molar-refractivity contribution is 1.18. The third-order valence-electron chi connectivity index (χ3n) is 1.11. The van der Waals surface area contributed by atoms with Gasteiger partial charge >= 0.3 is 0 Å². The summed E-state index contributed by atoms with van der Waals surface area (Å²) in [5.74, 6) is 2.31. The summed E-state index contributed by atoms with van der Waals surface area (Å²) >= 11 is 3.72. The highest BCUT2D eigenvalue weighted by atomic mass is 32.2. The lowest BCUT2D eigenvalue weighted by atomic mass is 10.5. The first kappa shape index (κ1) is 8.21. The Labute approximate surface area is 70.4 Å². The van der Waals surface area contributed by atoms with E-state index in [0.29, 0.717) is 0 Å². The summed E-state index contributed by atoms with van der Waals surface area (Å²) in [6.07, 6.45) is 3.04. The van der Waals surface area contributed by atoms with Crippen molar-refractivity contribution in [3.63, 3.8) is 0 Å². The molecular weight excluding hydrogens is 162 g/mol. The summed E-state index contributed by atoms with van der Waals surface area (Å²) in [6, 6.07) is 0. The van der Waals surface area contributed by atoms with E-state index in [1.54, 1.807) is 0 Å². The molecule has 1 heterocycles. The van der Waals surface area contributed by atoms with Crippen molar-refractivity contribution in [3.05, 3.63) is 12.7 Å². The number of hydrogen-bond acceptors (Lipinski definition) is 3. The van der Waals surface area contributed by atoms with Crippen molar-refractivity contribution in [3.8, 4) is 0 Å². The summed E-state index contributed by atoms with van der Waals surface area (Å²) in [5, 5.41) is 0. The van der Waals surface area contributed by atoms with Crippen molar-refractivity contribution in [2.45, 2.75) is 6.42 Å². The minimum Gasteiger partial charge on any atom is -0.271 e. The van der Waals surface area contributed by atoms with E-state index in [0.717, 1.165) is 18.7 Å². The molecule has 0 unspecified atom stereocenters. The predicted octanol–water partition coefficient (Wildman–Crippen LogP) is 2.40.